The number of sulfonamides is 2. The van der Waals surface area contributed by atoms with E-state index < -0.39 is 72.8 Å². The zero-order valence-corrected chi connectivity index (χ0v) is 36.4. The topological polar surface area (TPSA) is 138 Å². The minimum absolute atomic E-state index is 0. The van der Waals surface area contributed by atoms with Crippen LogP contribution < -0.4 is 18.9 Å². The molecule has 0 bridgehead atoms. The average Bonchev–Trinajstić information content (AvgIpc) is 2.80. The SMILES string of the molecule is C.C.C.C.C.C.COCCOCCC[Si](C)(O[Si](C)(C)O[Si](C)(C)C)O[Si](C)(CCc1ccc(S(=O)(=O)[N-]S(=O)(=O)C(F)(F)F)cc1)O[Si](C)(C)C.[Li+]. The molecule has 53 heavy (non-hydrogen) atoms. The number of halogens is 3. The van der Waals surface area contributed by atoms with Crippen LogP contribution in [0, 0.1) is 0 Å². The molecule has 0 aliphatic heterocycles. The zero-order chi connectivity index (χ0) is 35.9. The molecule has 0 spiro atoms. The van der Waals surface area contributed by atoms with Crippen molar-refractivity contribution in [2.24, 2.45) is 0 Å². The van der Waals surface area contributed by atoms with Crippen molar-refractivity contribution >= 4 is 62.4 Å². The van der Waals surface area contributed by atoms with E-state index in [1.165, 1.54) is 12.1 Å². The number of alkyl halides is 3. The maximum Gasteiger partial charge on any atom is 1.00 e. The molecule has 0 aliphatic rings. The van der Waals surface area contributed by atoms with E-state index in [1.54, 1.807) is 7.11 Å². The van der Waals surface area contributed by atoms with Gasteiger partial charge in [0.05, 0.1) is 13.2 Å². The van der Waals surface area contributed by atoms with E-state index >= 15 is 0 Å². The van der Waals surface area contributed by atoms with Crippen molar-refractivity contribution in [3.8, 4) is 0 Å². The van der Waals surface area contributed by atoms with Gasteiger partial charge in [-0.25, -0.2) is 16.8 Å². The first-order valence-corrected chi connectivity index (χ1v) is 32.4. The molecule has 2 unspecified atom stereocenters. The summed E-state index contributed by atoms with van der Waals surface area (Å²) < 4.78 is 125. The Morgan fingerprint density at radius 1 is 0.642 bits per heavy atom. The minimum atomic E-state index is -6.23. The molecule has 22 heteroatoms. The number of rotatable bonds is 21. The van der Waals surface area contributed by atoms with Crippen LogP contribution in [0.5, 0.6) is 0 Å². The first-order valence-electron chi connectivity index (χ1n) is 14.8. The van der Waals surface area contributed by atoms with Gasteiger partial charge in [0.15, 0.2) is 26.7 Å². The van der Waals surface area contributed by atoms with E-state index in [-0.39, 0.29) is 63.4 Å². The number of hydrogen-bond acceptors (Lipinski definition) is 10. The van der Waals surface area contributed by atoms with Gasteiger partial charge in [-0.3, -0.25) is 0 Å². The second-order valence-corrected chi connectivity index (χ2v) is 37.1. The Morgan fingerprint density at radius 2 is 1.09 bits per heavy atom. The smallest absolute Gasteiger partial charge is 0.437 e. The van der Waals surface area contributed by atoms with Crippen LogP contribution in [0.25, 0.3) is 4.13 Å². The fourth-order valence-electron chi connectivity index (χ4n) is 4.78. The number of benzene rings is 1. The third-order valence-electron chi connectivity index (χ3n) is 5.90. The molecule has 318 valence electrons. The Balaban J connectivity index is -0.000000605. The summed E-state index contributed by atoms with van der Waals surface area (Å²) in [7, 11) is -22.3. The van der Waals surface area contributed by atoms with Gasteiger partial charge in [-0.15, -0.1) is 0 Å². The van der Waals surface area contributed by atoms with Crippen LogP contribution in [0.1, 0.15) is 56.5 Å². The molecule has 0 amide bonds. The fraction of sp³-hybridized carbons (Fsp3) is 0.806. The summed E-state index contributed by atoms with van der Waals surface area (Å²) in [5, 5.41) is 0. The number of nitrogens with zero attached hydrogens (tertiary/aromatic N) is 1. The maximum atomic E-state index is 12.7. The summed E-state index contributed by atoms with van der Waals surface area (Å²) in [6.45, 7) is 22.1. The van der Waals surface area contributed by atoms with E-state index in [9.17, 15) is 30.0 Å². The van der Waals surface area contributed by atoms with Gasteiger partial charge in [-0.2, -0.15) is 13.2 Å². The monoisotopic (exact) mass is 889 g/mol. The van der Waals surface area contributed by atoms with Crippen LogP contribution in [0.15, 0.2) is 29.2 Å². The van der Waals surface area contributed by atoms with Crippen LogP contribution in [-0.2, 0) is 52.4 Å². The minimum Gasteiger partial charge on any atom is -0.437 e. The second kappa shape index (κ2) is 26.3. The Hall–Kier alpha value is 0.312. The van der Waals surface area contributed by atoms with Gasteiger partial charge >= 0.3 is 50.1 Å². The molecule has 1 aromatic carbocycles. The van der Waals surface area contributed by atoms with Crippen molar-refractivity contribution in [1.29, 1.82) is 0 Å². The third-order valence-corrected chi connectivity index (χ3v) is 27.1. The van der Waals surface area contributed by atoms with Gasteiger partial charge in [-0.05, 0) is 108 Å². The van der Waals surface area contributed by atoms with Crippen molar-refractivity contribution in [1.82, 2.24) is 0 Å². The van der Waals surface area contributed by atoms with Gasteiger partial charge in [0.1, 0.15) is 10.0 Å². The van der Waals surface area contributed by atoms with E-state index in [0.29, 0.717) is 50.3 Å². The normalized spacial score (nSPS) is 14.5. The fourth-order valence-corrected chi connectivity index (χ4v) is 30.7. The summed E-state index contributed by atoms with van der Waals surface area (Å²) in [6, 6.07) is 6.00. The Kier molecular flexibility index (Phi) is 33.8. The van der Waals surface area contributed by atoms with Crippen molar-refractivity contribution in [2.45, 2.75) is 145 Å². The number of hydrogen-bond donors (Lipinski definition) is 0. The molecule has 0 radical (unpaired) electrons. The maximum absolute atomic E-state index is 12.7. The number of methoxy groups -OCH3 is 1. The molecule has 0 heterocycles. The molecule has 11 nitrogen and oxygen atoms in total. The molecule has 0 aromatic heterocycles. The molecule has 2 atom stereocenters. The first-order chi connectivity index (χ1) is 20.5. The van der Waals surface area contributed by atoms with Gasteiger partial charge in [-0.1, -0.05) is 56.7 Å². The van der Waals surface area contributed by atoms with Gasteiger partial charge in [0.25, 0.3) is 0 Å². The largest absolute Gasteiger partial charge is 1.00 e. The summed E-state index contributed by atoms with van der Waals surface area (Å²) in [6.07, 6.45) is 1.11. The third kappa shape index (κ3) is 26.8. The van der Waals surface area contributed by atoms with E-state index in [0.717, 1.165) is 12.1 Å². The molecular formula is C31H75F3LiNO10S2Si5. The van der Waals surface area contributed by atoms with Gasteiger partial charge < -0.3 is 30.1 Å². The summed E-state index contributed by atoms with van der Waals surface area (Å²) in [4.78, 5) is -0.672. The van der Waals surface area contributed by atoms with Crippen molar-refractivity contribution in [3.63, 3.8) is 0 Å². The van der Waals surface area contributed by atoms with Crippen LogP contribution in [0.2, 0.25) is 77.6 Å². The van der Waals surface area contributed by atoms with Gasteiger partial charge in [0.2, 0.25) is 0 Å². The first kappa shape index (κ1) is 68.0. The predicted octanol–water partition coefficient (Wildman–Crippen LogP) is 7.60. The molecule has 1 aromatic rings. The summed E-state index contributed by atoms with van der Waals surface area (Å²) >= 11 is 0. The second-order valence-electron chi connectivity index (χ2n) is 13.6. The average molecular weight is 890 g/mol. The molecule has 0 fully saturated rings. The van der Waals surface area contributed by atoms with Gasteiger partial charge in [0, 0.05) is 18.6 Å². The molecule has 0 aliphatic carbocycles. The summed E-state index contributed by atoms with van der Waals surface area (Å²) in [5.41, 5.74) is -5.17. The zero-order valence-electron chi connectivity index (χ0n) is 29.7. The standard InChI is InChI=1S/C25H51F3NO10S2Si5.6CH4.Li/c1-34-19-20-35-18-12-21-45(10,38-44(8,9)36-42(2,3)4)39-46(11,37-43(5,6)7)22-17-23-13-15-24(16-14-23)40(30,31)29-41(32,33)25(26,27)28;;;;;;;/h13-16H,12,17-22H2,1-11H3;6*1H4;/q-1;;;;;;;+1. The van der Waals surface area contributed by atoms with Crippen molar-refractivity contribution in [3.05, 3.63) is 34.0 Å². The Bertz CT molecular complexity index is 1340. The van der Waals surface area contributed by atoms with Crippen molar-refractivity contribution < 1.29 is 74.8 Å². The molecule has 1 rings (SSSR count). The van der Waals surface area contributed by atoms with Crippen LogP contribution in [0.4, 0.5) is 13.2 Å². The van der Waals surface area contributed by atoms with Crippen LogP contribution in [-0.4, -0.2) is 91.6 Å². The quantitative estimate of drug-likeness (QED) is 0.0897. The van der Waals surface area contributed by atoms with E-state index in [4.69, 9.17) is 25.9 Å². The number of aryl methyl sites for hydroxylation is 1. The summed E-state index contributed by atoms with van der Waals surface area (Å²) in [5.74, 6) is 0. The Labute approximate surface area is 341 Å². The molecular weight excluding hydrogens is 815 g/mol. The van der Waals surface area contributed by atoms with Crippen LogP contribution >= 0.6 is 0 Å². The molecule has 0 N–H and O–H groups in total. The number of ether oxygens (including phenoxy) is 2. The molecule has 0 saturated carbocycles. The van der Waals surface area contributed by atoms with E-state index in [1.807, 2.05) is 26.2 Å². The Morgan fingerprint density at radius 3 is 1.51 bits per heavy atom. The molecule has 0 saturated heterocycles. The predicted molar refractivity (Wildman–Crippen MR) is 225 cm³/mol. The van der Waals surface area contributed by atoms with Crippen molar-refractivity contribution in [2.75, 3.05) is 26.9 Å². The van der Waals surface area contributed by atoms with E-state index in [2.05, 4.69) is 43.4 Å². The van der Waals surface area contributed by atoms with Crippen LogP contribution in [0.3, 0.4) is 0 Å².